The molecule has 0 saturated heterocycles. The fraction of sp³-hybridized carbons (Fsp3) is 0.0870. The second-order valence-electron chi connectivity index (χ2n) is 6.88. The average Bonchev–Trinajstić information content (AvgIpc) is 3.05. The molecule has 0 N–H and O–H groups in total. The maximum atomic E-state index is 13.2. The SMILES string of the molecule is FC(F)(F)c1cccc(Cn2nc(-c3ccc(Br)cc3)c(Cl)c2-c2ccc(Br)cc2)c1. The Labute approximate surface area is 198 Å². The molecule has 0 radical (unpaired) electrons. The third-order valence-corrected chi connectivity index (χ3v) is 6.13. The van der Waals surface area contributed by atoms with Crippen LogP contribution in [0.4, 0.5) is 13.2 Å². The molecule has 0 aliphatic heterocycles. The Bertz CT molecular complexity index is 1220. The van der Waals surface area contributed by atoms with Crippen molar-refractivity contribution in [2.75, 3.05) is 0 Å². The van der Waals surface area contributed by atoms with E-state index in [0.717, 1.165) is 32.2 Å². The largest absolute Gasteiger partial charge is 0.416 e. The minimum atomic E-state index is -4.41. The van der Waals surface area contributed by atoms with Gasteiger partial charge >= 0.3 is 6.18 Å². The second-order valence-corrected chi connectivity index (χ2v) is 9.09. The predicted octanol–water partition coefficient (Wildman–Crippen LogP) is 8.46. The minimum absolute atomic E-state index is 0.144. The number of hydrogen-bond donors (Lipinski definition) is 0. The molecule has 31 heavy (non-hydrogen) atoms. The van der Waals surface area contributed by atoms with Gasteiger partial charge in [0.05, 0.1) is 22.8 Å². The number of aromatic nitrogens is 2. The molecule has 0 saturated carbocycles. The van der Waals surface area contributed by atoms with E-state index in [2.05, 4.69) is 37.0 Å². The molecular formula is C23H14Br2ClF3N2. The fourth-order valence-electron chi connectivity index (χ4n) is 3.25. The first-order valence-corrected chi connectivity index (χ1v) is 11.1. The topological polar surface area (TPSA) is 17.8 Å². The molecule has 0 amide bonds. The van der Waals surface area contributed by atoms with Gasteiger partial charge in [0.25, 0.3) is 0 Å². The van der Waals surface area contributed by atoms with Crippen molar-refractivity contribution < 1.29 is 13.2 Å². The standard InChI is InChI=1S/C23H14Br2ClF3N2/c24-18-8-4-15(5-9-18)21-20(26)22(16-6-10-19(25)11-7-16)31(30-21)13-14-2-1-3-17(12-14)23(27,28)29/h1-12H,13H2. The molecule has 3 aromatic carbocycles. The van der Waals surface area contributed by atoms with Gasteiger partial charge in [-0.15, -0.1) is 0 Å². The van der Waals surface area contributed by atoms with Crippen LogP contribution in [0.1, 0.15) is 11.1 Å². The molecule has 1 heterocycles. The summed E-state index contributed by atoms with van der Waals surface area (Å²) in [7, 11) is 0. The Morgan fingerprint density at radius 2 is 1.42 bits per heavy atom. The van der Waals surface area contributed by atoms with Gasteiger partial charge in [-0.3, -0.25) is 4.68 Å². The maximum Gasteiger partial charge on any atom is 0.416 e. The van der Waals surface area contributed by atoms with E-state index in [9.17, 15) is 13.2 Å². The summed E-state index contributed by atoms with van der Waals surface area (Å²) in [6.45, 7) is 0.144. The number of rotatable bonds is 4. The van der Waals surface area contributed by atoms with Gasteiger partial charge in [0.1, 0.15) is 5.69 Å². The highest BCUT2D eigenvalue weighted by Gasteiger charge is 2.30. The monoisotopic (exact) mass is 568 g/mol. The summed E-state index contributed by atoms with van der Waals surface area (Å²) in [6.07, 6.45) is -4.41. The number of halogens is 6. The summed E-state index contributed by atoms with van der Waals surface area (Å²) >= 11 is 13.6. The van der Waals surface area contributed by atoms with E-state index in [1.165, 1.54) is 6.07 Å². The van der Waals surface area contributed by atoms with Crippen LogP contribution in [0.15, 0.2) is 81.7 Å². The zero-order chi connectivity index (χ0) is 22.2. The van der Waals surface area contributed by atoms with Gasteiger partial charge in [0.2, 0.25) is 0 Å². The number of benzene rings is 3. The predicted molar refractivity (Wildman–Crippen MR) is 124 cm³/mol. The summed E-state index contributed by atoms with van der Waals surface area (Å²) in [5.41, 5.74) is 2.63. The Morgan fingerprint density at radius 1 is 0.839 bits per heavy atom. The van der Waals surface area contributed by atoms with Gasteiger partial charge in [0, 0.05) is 20.1 Å². The van der Waals surface area contributed by atoms with Gasteiger partial charge in [-0.2, -0.15) is 18.3 Å². The lowest BCUT2D eigenvalue weighted by molar-refractivity contribution is -0.137. The van der Waals surface area contributed by atoms with E-state index in [0.29, 0.717) is 22.0 Å². The smallest absolute Gasteiger partial charge is 0.258 e. The van der Waals surface area contributed by atoms with Crippen LogP contribution in [0.3, 0.4) is 0 Å². The van der Waals surface area contributed by atoms with E-state index in [4.69, 9.17) is 11.6 Å². The lowest BCUT2D eigenvalue weighted by atomic mass is 10.1. The van der Waals surface area contributed by atoms with Crippen molar-refractivity contribution in [3.63, 3.8) is 0 Å². The molecule has 8 heteroatoms. The molecule has 2 nitrogen and oxygen atoms in total. The Balaban J connectivity index is 1.83. The van der Waals surface area contributed by atoms with Gasteiger partial charge in [-0.1, -0.05) is 79.9 Å². The molecule has 0 bridgehead atoms. The van der Waals surface area contributed by atoms with Gasteiger partial charge in [-0.05, 0) is 42.0 Å². The maximum absolute atomic E-state index is 13.2. The van der Waals surface area contributed by atoms with Crippen molar-refractivity contribution in [3.8, 4) is 22.5 Å². The summed E-state index contributed by atoms with van der Waals surface area (Å²) in [5, 5.41) is 5.11. The molecule has 158 valence electrons. The van der Waals surface area contributed by atoms with Gasteiger partial charge in [0.15, 0.2) is 0 Å². The number of alkyl halides is 3. The summed E-state index contributed by atoms with van der Waals surface area (Å²) in [4.78, 5) is 0. The van der Waals surface area contributed by atoms with Crippen molar-refractivity contribution in [1.82, 2.24) is 9.78 Å². The highest BCUT2D eigenvalue weighted by molar-refractivity contribution is 9.10. The van der Waals surface area contributed by atoms with Crippen molar-refractivity contribution in [2.45, 2.75) is 12.7 Å². The molecule has 0 aliphatic carbocycles. The van der Waals surface area contributed by atoms with E-state index in [1.807, 2.05) is 48.5 Å². The highest BCUT2D eigenvalue weighted by atomic mass is 79.9. The number of nitrogens with zero attached hydrogens (tertiary/aromatic N) is 2. The Hall–Kier alpha value is -2.09. The first-order chi connectivity index (χ1) is 14.7. The molecule has 4 rings (SSSR count). The van der Waals surface area contributed by atoms with Crippen molar-refractivity contribution in [2.24, 2.45) is 0 Å². The van der Waals surface area contributed by atoms with Gasteiger partial charge in [-0.25, -0.2) is 0 Å². The van der Waals surface area contributed by atoms with Crippen LogP contribution in [-0.2, 0) is 12.7 Å². The normalized spacial score (nSPS) is 11.7. The van der Waals surface area contributed by atoms with Crippen LogP contribution in [0, 0.1) is 0 Å². The minimum Gasteiger partial charge on any atom is -0.258 e. The average molecular weight is 571 g/mol. The lowest BCUT2D eigenvalue weighted by Gasteiger charge is -2.11. The Kier molecular flexibility index (Phi) is 6.28. The highest BCUT2D eigenvalue weighted by Crippen LogP contribution is 2.38. The van der Waals surface area contributed by atoms with Crippen LogP contribution in [-0.4, -0.2) is 9.78 Å². The van der Waals surface area contributed by atoms with Crippen LogP contribution >= 0.6 is 43.5 Å². The van der Waals surface area contributed by atoms with Crippen molar-refractivity contribution in [1.29, 1.82) is 0 Å². The molecule has 1 aromatic heterocycles. The summed E-state index contributed by atoms with van der Waals surface area (Å²) < 4.78 is 43.0. The van der Waals surface area contributed by atoms with Crippen LogP contribution in [0.2, 0.25) is 5.02 Å². The number of hydrogen-bond acceptors (Lipinski definition) is 1. The molecule has 0 unspecified atom stereocenters. The molecule has 4 aromatic rings. The van der Waals surface area contributed by atoms with Crippen molar-refractivity contribution >= 4 is 43.5 Å². The Morgan fingerprint density at radius 3 is 2.00 bits per heavy atom. The molecule has 0 spiro atoms. The molecule has 0 atom stereocenters. The van der Waals surface area contributed by atoms with Crippen molar-refractivity contribution in [3.05, 3.63) is 97.9 Å². The van der Waals surface area contributed by atoms with Crippen LogP contribution in [0.25, 0.3) is 22.5 Å². The van der Waals surface area contributed by atoms with Crippen LogP contribution < -0.4 is 0 Å². The summed E-state index contributed by atoms with van der Waals surface area (Å²) in [5.74, 6) is 0. The zero-order valence-electron chi connectivity index (χ0n) is 15.8. The molecule has 0 aliphatic rings. The zero-order valence-corrected chi connectivity index (χ0v) is 19.7. The fourth-order valence-corrected chi connectivity index (χ4v) is 4.13. The van der Waals surface area contributed by atoms with E-state index < -0.39 is 11.7 Å². The first-order valence-electron chi connectivity index (χ1n) is 9.16. The molecule has 0 fully saturated rings. The summed E-state index contributed by atoms with van der Waals surface area (Å²) in [6, 6.07) is 20.3. The van der Waals surface area contributed by atoms with E-state index in [-0.39, 0.29) is 6.54 Å². The van der Waals surface area contributed by atoms with Gasteiger partial charge < -0.3 is 0 Å². The third-order valence-electron chi connectivity index (χ3n) is 4.72. The molecular weight excluding hydrogens is 557 g/mol. The first kappa shape index (κ1) is 22.1. The van der Waals surface area contributed by atoms with E-state index >= 15 is 0 Å². The lowest BCUT2D eigenvalue weighted by Crippen LogP contribution is -2.08. The van der Waals surface area contributed by atoms with E-state index in [1.54, 1.807) is 10.7 Å². The van der Waals surface area contributed by atoms with Crippen LogP contribution in [0.5, 0.6) is 0 Å². The second kappa shape index (κ2) is 8.81. The third kappa shape index (κ3) is 4.89. The quantitative estimate of drug-likeness (QED) is 0.241.